The maximum atomic E-state index is 11.8. The molecule has 0 radical (unpaired) electrons. The third-order valence-electron chi connectivity index (χ3n) is 4.05. The van der Waals surface area contributed by atoms with Crippen LogP contribution in [0.5, 0.6) is 0 Å². The topological polar surface area (TPSA) is 17.1 Å². The SMILES string of the molecule is CC(=O)c1cc(C(C)C)cc2c1CCC2(C)C. The number of hydrogen-bond donors (Lipinski definition) is 0. The minimum Gasteiger partial charge on any atom is -0.295 e. The molecule has 0 bridgehead atoms. The van der Waals surface area contributed by atoms with E-state index in [0.717, 1.165) is 18.4 Å². The number of rotatable bonds is 2. The zero-order valence-electron chi connectivity index (χ0n) is 11.6. The minimum absolute atomic E-state index is 0.210. The van der Waals surface area contributed by atoms with Crippen LogP contribution < -0.4 is 0 Å². The fraction of sp³-hybridized carbons (Fsp3) is 0.562. The highest BCUT2D eigenvalue weighted by atomic mass is 16.1. The molecule has 1 aromatic carbocycles. The highest BCUT2D eigenvalue weighted by molar-refractivity contribution is 5.96. The number of carbonyl (C=O) groups excluding carboxylic acids is 1. The number of hydrogen-bond acceptors (Lipinski definition) is 1. The summed E-state index contributed by atoms with van der Waals surface area (Å²) in [6.07, 6.45) is 2.21. The van der Waals surface area contributed by atoms with Gasteiger partial charge in [0.2, 0.25) is 0 Å². The van der Waals surface area contributed by atoms with Crippen molar-refractivity contribution in [3.8, 4) is 0 Å². The molecule has 0 spiro atoms. The Labute approximate surface area is 104 Å². The molecule has 92 valence electrons. The molecule has 0 fully saturated rings. The predicted octanol–water partition coefficient (Wildman–Crippen LogP) is 4.24. The van der Waals surface area contributed by atoms with Crippen molar-refractivity contribution in [2.24, 2.45) is 0 Å². The van der Waals surface area contributed by atoms with E-state index in [1.165, 1.54) is 16.7 Å². The predicted molar refractivity (Wildman–Crippen MR) is 71.9 cm³/mol. The molecule has 0 unspecified atom stereocenters. The van der Waals surface area contributed by atoms with Crippen molar-refractivity contribution in [2.45, 2.75) is 58.8 Å². The molecular formula is C16H22O. The lowest BCUT2D eigenvalue weighted by atomic mass is 9.83. The number of Topliss-reactive ketones (excluding diaryl/α,β-unsaturated/α-hetero) is 1. The molecule has 0 N–H and O–H groups in total. The molecule has 1 heteroatoms. The Morgan fingerprint density at radius 2 is 1.94 bits per heavy atom. The monoisotopic (exact) mass is 230 g/mol. The molecule has 0 saturated heterocycles. The molecule has 0 aromatic heterocycles. The first-order valence-corrected chi connectivity index (χ1v) is 6.51. The van der Waals surface area contributed by atoms with E-state index in [2.05, 4.69) is 39.8 Å². The Morgan fingerprint density at radius 3 is 2.47 bits per heavy atom. The molecule has 1 aliphatic carbocycles. The highest BCUT2D eigenvalue weighted by Gasteiger charge is 2.32. The second kappa shape index (κ2) is 3.97. The van der Waals surface area contributed by atoms with Gasteiger partial charge < -0.3 is 0 Å². The summed E-state index contributed by atoms with van der Waals surface area (Å²) in [6, 6.07) is 4.42. The van der Waals surface area contributed by atoms with Gasteiger partial charge in [-0.2, -0.15) is 0 Å². The van der Waals surface area contributed by atoms with Gasteiger partial charge in [0.1, 0.15) is 0 Å². The van der Waals surface area contributed by atoms with Gasteiger partial charge in [-0.1, -0.05) is 33.8 Å². The smallest absolute Gasteiger partial charge is 0.160 e. The van der Waals surface area contributed by atoms with Crippen LogP contribution in [0, 0.1) is 0 Å². The van der Waals surface area contributed by atoms with E-state index < -0.39 is 0 Å². The summed E-state index contributed by atoms with van der Waals surface area (Å²) in [6.45, 7) is 10.6. The van der Waals surface area contributed by atoms with Crippen LogP contribution in [-0.4, -0.2) is 5.78 Å². The summed E-state index contributed by atoms with van der Waals surface area (Å²) < 4.78 is 0. The van der Waals surface area contributed by atoms with Gasteiger partial charge in [-0.05, 0) is 53.9 Å². The number of ketones is 1. The maximum absolute atomic E-state index is 11.8. The van der Waals surface area contributed by atoms with E-state index in [0.29, 0.717) is 5.92 Å². The van der Waals surface area contributed by atoms with E-state index in [1.54, 1.807) is 6.92 Å². The van der Waals surface area contributed by atoms with E-state index in [-0.39, 0.29) is 11.2 Å². The van der Waals surface area contributed by atoms with Crippen LogP contribution in [0.15, 0.2) is 12.1 Å². The average Bonchev–Trinajstić information content (AvgIpc) is 2.53. The molecule has 2 rings (SSSR count). The van der Waals surface area contributed by atoms with Gasteiger partial charge in [-0.25, -0.2) is 0 Å². The van der Waals surface area contributed by atoms with Gasteiger partial charge in [-0.15, -0.1) is 0 Å². The van der Waals surface area contributed by atoms with Gasteiger partial charge >= 0.3 is 0 Å². The Morgan fingerprint density at radius 1 is 1.29 bits per heavy atom. The van der Waals surface area contributed by atoms with Gasteiger partial charge in [0.25, 0.3) is 0 Å². The maximum Gasteiger partial charge on any atom is 0.160 e. The Kier molecular flexibility index (Phi) is 2.89. The second-order valence-corrected chi connectivity index (χ2v) is 6.19. The van der Waals surface area contributed by atoms with Crippen LogP contribution in [0.4, 0.5) is 0 Å². The lowest BCUT2D eigenvalue weighted by Gasteiger charge is -2.21. The van der Waals surface area contributed by atoms with Crippen molar-refractivity contribution in [1.29, 1.82) is 0 Å². The Hall–Kier alpha value is -1.11. The summed E-state index contributed by atoms with van der Waals surface area (Å²) in [5.41, 5.74) is 5.17. The van der Waals surface area contributed by atoms with Gasteiger partial charge in [0, 0.05) is 5.56 Å². The van der Waals surface area contributed by atoms with Gasteiger partial charge in [0.15, 0.2) is 5.78 Å². The van der Waals surface area contributed by atoms with Crippen molar-refractivity contribution in [2.75, 3.05) is 0 Å². The molecule has 1 nitrogen and oxygen atoms in total. The van der Waals surface area contributed by atoms with Crippen LogP contribution in [0.3, 0.4) is 0 Å². The number of fused-ring (bicyclic) bond motifs is 1. The lowest BCUT2D eigenvalue weighted by Crippen LogP contribution is -2.13. The fourth-order valence-corrected chi connectivity index (χ4v) is 2.79. The minimum atomic E-state index is 0.210. The van der Waals surface area contributed by atoms with Crippen LogP contribution in [0.2, 0.25) is 0 Å². The van der Waals surface area contributed by atoms with Crippen LogP contribution in [-0.2, 0) is 11.8 Å². The van der Waals surface area contributed by atoms with Gasteiger partial charge in [-0.3, -0.25) is 4.79 Å². The Balaban J connectivity index is 2.67. The number of carbonyl (C=O) groups is 1. The highest BCUT2D eigenvalue weighted by Crippen LogP contribution is 2.41. The van der Waals surface area contributed by atoms with Crippen LogP contribution >= 0.6 is 0 Å². The molecule has 0 atom stereocenters. The molecule has 0 aliphatic heterocycles. The molecule has 1 aliphatic rings. The largest absolute Gasteiger partial charge is 0.295 e. The van der Waals surface area contributed by atoms with Crippen molar-refractivity contribution >= 4 is 5.78 Å². The average molecular weight is 230 g/mol. The normalized spacial score (nSPS) is 17.3. The van der Waals surface area contributed by atoms with E-state index in [9.17, 15) is 4.79 Å². The first-order valence-electron chi connectivity index (χ1n) is 6.51. The molecule has 17 heavy (non-hydrogen) atoms. The second-order valence-electron chi connectivity index (χ2n) is 6.19. The first kappa shape index (κ1) is 12.3. The van der Waals surface area contributed by atoms with Crippen LogP contribution in [0.1, 0.15) is 74.0 Å². The fourth-order valence-electron chi connectivity index (χ4n) is 2.79. The van der Waals surface area contributed by atoms with Gasteiger partial charge in [0.05, 0.1) is 0 Å². The van der Waals surface area contributed by atoms with Crippen molar-refractivity contribution in [1.82, 2.24) is 0 Å². The summed E-state index contributed by atoms with van der Waals surface area (Å²) in [5.74, 6) is 0.691. The first-order chi connectivity index (χ1) is 7.83. The van der Waals surface area contributed by atoms with E-state index in [1.807, 2.05) is 0 Å². The molecule has 0 heterocycles. The quantitative estimate of drug-likeness (QED) is 0.695. The summed E-state index contributed by atoms with van der Waals surface area (Å²) >= 11 is 0. The molecule has 0 amide bonds. The van der Waals surface area contributed by atoms with Crippen molar-refractivity contribution < 1.29 is 4.79 Å². The lowest BCUT2D eigenvalue weighted by molar-refractivity contribution is 0.101. The van der Waals surface area contributed by atoms with Crippen molar-refractivity contribution in [3.05, 3.63) is 34.4 Å². The number of benzene rings is 1. The third-order valence-corrected chi connectivity index (χ3v) is 4.05. The summed E-state index contributed by atoms with van der Waals surface area (Å²) in [5, 5.41) is 0. The standard InChI is InChI=1S/C16H22O/c1-10(2)12-8-14(11(3)17)13-6-7-16(4,5)15(13)9-12/h8-10H,6-7H2,1-5H3. The summed E-state index contributed by atoms with van der Waals surface area (Å²) in [7, 11) is 0. The third kappa shape index (κ3) is 2.03. The summed E-state index contributed by atoms with van der Waals surface area (Å²) in [4.78, 5) is 11.8. The van der Waals surface area contributed by atoms with Crippen molar-refractivity contribution in [3.63, 3.8) is 0 Å². The zero-order valence-corrected chi connectivity index (χ0v) is 11.6. The van der Waals surface area contributed by atoms with E-state index in [4.69, 9.17) is 0 Å². The zero-order chi connectivity index (χ0) is 12.8. The molecule has 0 saturated carbocycles. The molecular weight excluding hydrogens is 208 g/mol. The van der Waals surface area contributed by atoms with Crippen LogP contribution in [0.25, 0.3) is 0 Å². The Bertz CT molecular complexity index is 467. The van der Waals surface area contributed by atoms with E-state index >= 15 is 0 Å². The molecule has 1 aromatic rings.